The zero-order valence-electron chi connectivity index (χ0n) is 19.5. The van der Waals surface area contributed by atoms with E-state index in [-0.39, 0.29) is 11.2 Å². The van der Waals surface area contributed by atoms with Crippen LogP contribution in [0, 0.1) is 0 Å². The summed E-state index contributed by atoms with van der Waals surface area (Å²) in [6.07, 6.45) is 3.10. The van der Waals surface area contributed by atoms with Gasteiger partial charge in [-0.3, -0.25) is 0 Å². The number of sulfone groups is 1. The summed E-state index contributed by atoms with van der Waals surface area (Å²) in [5.74, 6) is 0.191. The molecule has 2 heterocycles. The number of benzene rings is 1. The van der Waals surface area contributed by atoms with Crippen molar-refractivity contribution in [3.05, 3.63) is 52.1 Å². The van der Waals surface area contributed by atoms with Crippen LogP contribution in [0.25, 0.3) is 22.3 Å². The van der Waals surface area contributed by atoms with Crippen LogP contribution in [0.4, 0.5) is 0 Å². The second kappa shape index (κ2) is 9.00. The van der Waals surface area contributed by atoms with Gasteiger partial charge in [0.05, 0.1) is 27.5 Å². The molecule has 1 fully saturated rings. The maximum atomic E-state index is 11.8. The molecule has 0 bridgehead atoms. The number of rotatable bonds is 9. The minimum atomic E-state index is -3.04. The first-order chi connectivity index (χ1) is 15.4. The number of ether oxygens (including phenoxy) is 1. The van der Waals surface area contributed by atoms with Gasteiger partial charge in [0.1, 0.15) is 21.7 Å². The van der Waals surface area contributed by atoms with E-state index in [9.17, 15) is 8.42 Å². The molecule has 9 heteroatoms. The molecule has 33 heavy (non-hydrogen) atoms. The fraction of sp³-hybridized carbons (Fsp3) is 0.458. The van der Waals surface area contributed by atoms with Gasteiger partial charge >= 0.3 is 0 Å². The van der Waals surface area contributed by atoms with E-state index in [0.717, 1.165) is 41.0 Å². The van der Waals surface area contributed by atoms with Crippen LogP contribution in [0.5, 0.6) is 0 Å². The van der Waals surface area contributed by atoms with Crippen LogP contribution < -0.4 is 0 Å². The Morgan fingerprint density at radius 1 is 1.12 bits per heavy atom. The molecule has 0 N–H and O–H groups in total. The standard InChI is InChI=1S/C24H30Cl2N2O3SSi/c1-32(29,30)15-24(9-10-24)18-7-5-17(6-8-18)23-19(25)13-21-20(27-23)14-22(26)28(21)16-31-11-12-33(2,3)4/h5-8,13-14H,9-12,15-16H2,1-4H3. The highest BCUT2D eigenvalue weighted by atomic mass is 35.5. The Balaban J connectivity index is 1.56. The van der Waals surface area contributed by atoms with Crippen LogP contribution in [-0.4, -0.2) is 44.7 Å². The SMILES string of the molecule is C[Si](C)(C)CCOCn1c(Cl)cc2nc(-c3ccc(C4(CS(C)(=O)=O)CC4)cc3)c(Cl)cc21. The second-order valence-electron chi connectivity index (χ2n) is 10.4. The van der Waals surface area contributed by atoms with E-state index in [1.165, 1.54) is 6.26 Å². The lowest BCUT2D eigenvalue weighted by atomic mass is 9.96. The molecule has 3 aromatic rings. The van der Waals surface area contributed by atoms with Gasteiger partial charge in [0.15, 0.2) is 0 Å². The minimum absolute atomic E-state index is 0.191. The van der Waals surface area contributed by atoms with Crippen LogP contribution in [0.15, 0.2) is 36.4 Å². The van der Waals surface area contributed by atoms with Crippen molar-refractivity contribution in [1.29, 1.82) is 0 Å². The highest BCUT2D eigenvalue weighted by Crippen LogP contribution is 2.49. The zero-order valence-corrected chi connectivity index (χ0v) is 22.8. The van der Waals surface area contributed by atoms with E-state index in [1.54, 1.807) is 0 Å². The van der Waals surface area contributed by atoms with Crippen LogP contribution >= 0.6 is 23.2 Å². The third kappa shape index (κ3) is 5.82. The Morgan fingerprint density at radius 2 is 1.79 bits per heavy atom. The van der Waals surface area contributed by atoms with Crippen LogP contribution in [-0.2, 0) is 26.7 Å². The number of fused-ring (bicyclic) bond motifs is 1. The lowest BCUT2D eigenvalue weighted by Gasteiger charge is -2.16. The Labute approximate surface area is 207 Å². The maximum absolute atomic E-state index is 11.8. The topological polar surface area (TPSA) is 61.2 Å². The molecule has 5 nitrogen and oxygen atoms in total. The number of aromatic nitrogens is 2. The average molecular weight is 526 g/mol. The van der Waals surface area contributed by atoms with Gasteiger partial charge in [-0.15, -0.1) is 0 Å². The van der Waals surface area contributed by atoms with Gasteiger partial charge in [0.25, 0.3) is 0 Å². The molecule has 2 aromatic heterocycles. The van der Waals surface area contributed by atoms with Crippen molar-refractivity contribution >= 4 is 52.1 Å². The first kappa shape index (κ1) is 24.7. The summed E-state index contributed by atoms with van der Waals surface area (Å²) in [4.78, 5) is 4.78. The number of hydrogen-bond donors (Lipinski definition) is 0. The molecule has 0 amide bonds. The number of hydrogen-bond acceptors (Lipinski definition) is 4. The molecule has 1 aromatic carbocycles. The average Bonchev–Trinajstić information content (AvgIpc) is 3.40. The predicted octanol–water partition coefficient (Wildman–Crippen LogP) is 6.40. The Kier molecular flexibility index (Phi) is 6.75. The van der Waals surface area contributed by atoms with E-state index in [0.29, 0.717) is 29.2 Å². The molecule has 178 valence electrons. The van der Waals surface area contributed by atoms with Crippen molar-refractivity contribution < 1.29 is 13.2 Å². The smallest absolute Gasteiger partial charge is 0.148 e. The van der Waals surface area contributed by atoms with Gasteiger partial charge in [-0.05, 0) is 30.5 Å². The molecule has 0 spiro atoms. The van der Waals surface area contributed by atoms with Crippen LogP contribution in [0.1, 0.15) is 18.4 Å². The molecule has 1 aliphatic carbocycles. The van der Waals surface area contributed by atoms with Gasteiger partial charge in [0, 0.05) is 38.0 Å². The summed E-state index contributed by atoms with van der Waals surface area (Å²) >= 11 is 13.1. The Hall–Kier alpha value is -1.38. The molecule has 1 aliphatic rings. The molecule has 4 rings (SSSR count). The van der Waals surface area contributed by atoms with E-state index < -0.39 is 17.9 Å². The molecule has 0 unspecified atom stereocenters. The van der Waals surface area contributed by atoms with Crippen molar-refractivity contribution in [2.45, 2.75) is 50.7 Å². The summed E-state index contributed by atoms with van der Waals surface area (Å²) in [7, 11) is -4.19. The molecule has 0 aliphatic heterocycles. The molecule has 0 atom stereocenters. The monoisotopic (exact) mass is 524 g/mol. The summed E-state index contributed by atoms with van der Waals surface area (Å²) in [6, 6.07) is 12.7. The summed E-state index contributed by atoms with van der Waals surface area (Å²) < 4.78 is 31.4. The van der Waals surface area contributed by atoms with Crippen LogP contribution in [0.3, 0.4) is 0 Å². The zero-order chi connectivity index (χ0) is 24.0. The predicted molar refractivity (Wildman–Crippen MR) is 140 cm³/mol. The van der Waals surface area contributed by atoms with Gasteiger partial charge in [-0.2, -0.15) is 0 Å². The maximum Gasteiger partial charge on any atom is 0.148 e. The quantitative estimate of drug-likeness (QED) is 0.240. The molecule has 0 radical (unpaired) electrons. The third-order valence-corrected chi connectivity index (χ3v) is 9.55. The Morgan fingerprint density at radius 3 is 2.36 bits per heavy atom. The van der Waals surface area contributed by atoms with E-state index in [4.69, 9.17) is 32.9 Å². The fourth-order valence-electron chi connectivity index (χ4n) is 4.14. The molecular weight excluding hydrogens is 495 g/mol. The van der Waals surface area contributed by atoms with Crippen molar-refractivity contribution in [3.8, 4) is 11.3 Å². The van der Waals surface area contributed by atoms with E-state index >= 15 is 0 Å². The second-order valence-corrected chi connectivity index (χ2v) is 18.9. The number of pyridine rings is 1. The van der Waals surface area contributed by atoms with E-state index in [1.807, 2.05) is 41.0 Å². The number of halogens is 2. The summed E-state index contributed by atoms with van der Waals surface area (Å²) in [6.45, 7) is 8.03. The first-order valence-corrected chi connectivity index (χ1v) is 17.6. The molecule has 1 saturated carbocycles. The number of nitrogens with zero attached hydrogens (tertiary/aromatic N) is 2. The van der Waals surface area contributed by atoms with Gasteiger partial charge in [0.2, 0.25) is 0 Å². The first-order valence-electron chi connectivity index (χ1n) is 11.1. The van der Waals surface area contributed by atoms with Crippen molar-refractivity contribution in [1.82, 2.24) is 9.55 Å². The molecule has 0 saturated heterocycles. The largest absolute Gasteiger partial charge is 0.361 e. The van der Waals surface area contributed by atoms with Crippen molar-refractivity contribution in [3.63, 3.8) is 0 Å². The highest BCUT2D eigenvalue weighted by molar-refractivity contribution is 7.90. The summed E-state index contributed by atoms with van der Waals surface area (Å²) in [5, 5.41) is 1.09. The van der Waals surface area contributed by atoms with Gasteiger partial charge in [-0.1, -0.05) is 67.1 Å². The lowest BCUT2D eigenvalue weighted by molar-refractivity contribution is 0.0904. The van der Waals surface area contributed by atoms with Gasteiger partial charge < -0.3 is 9.30 Å². The lowest BCUT2D eigenvalue weighted by Crippen LogP contribution is -2.22. The summed E-state index contributed by atoms with van der Waals surface area (Å²) in [5.41, 5.74) is 3.97. The third-order valence-electron chi connectivity index (χ3n) is 6.17. The van der Waals surface area contributed by atoms with Crippen molar-refractivity contribution in [2.75, 3.05) is 18.6 Å². The molecular formula is C24H30Cl2N2O3SSi. The van der Waals surface area contributed by atoms with Gasteiger partial charge in [-0.25, -0.2) is 13.4 Å². The van der Waals surface area contributed by atoms with Crippen molar-refractivity contribution in [2.24, 2.45) is 0 Å². The fourth-order valence-corrected chi connectivity index (χ4v) is 6.85. The van der Waals surface area contributed by atoms with E-state index in [2.05, 4.69) is 19.6 Å². The highest BCUT2D eigenvalue weighted by Gasteiger charge is 2.46. The minimum Gasteiger partial charge on any atom is -0.361 e. The normalized spacial score (nSPS) is 15.8. The Bertz CT molecular complexity index is 1280. The van der Waals surface area contributed by atoms with Crippen LogP contribution in [0.2, 0.25) is 35.9 Å².